The van der Waals surface area contributed by atoms with Gasteiger partial charge in [-0.2, -0.15) is 0 Å². The van der Waals surface area contributed by atoms with Gasteiger partial charge in [0.1, 0.15) is 18.3 Å². The fourth-order valence-corrected chi connectivity index (χ4v) is 5.43. The summed E-state index contributed by atoms with van der Waals surface area (Å²) in [6.07, 6.45) is 20.5. The molecule has 1 fully saturated rings. The number of ether oxygens (including phenoxy) is 2. The Morgan fingerprint density at radius 3 is 2.13 bits per heavy atom. The van der Waals surface area contributed by atoms with E-state index in [2.05, 4.69) is 24.4 Å². The van der Waals surface area contributed by atoms with Crippen molar-refractivity contribution in [2.75, 3.05) is 13.2 Å². The predicted octanol–water partition coefficient (Wildman–Crippen LogP) is 5.03. The second-order valence-electron chi connectivity index (χ2n) is 10.1. The Kier molecular flexibility index (Phi) is 16.8. The lowest BCUT2D eigenvalue weighted by molar-refractivity contribution is -0.136. The molecule has 2 aliphatic heterocycles. The minimum atomic E-state index is -2.96. The summed E-state index contributed by atoms with van der Waals surface area (Å²) in [6.45, 7) is 2.15. The third-order valence-corrected chi connectivity index (χ3v) is 7.49. The second kappa shape index (κ2) is 19.6. The van der Waals surface area contributed by atoms with Crippen molar-refractivity contribution in [3.63, 3.8) is 0 Å². The van der Waals surface area contributed by atoms with E-state index in [-0.39, 0.29) is 0 Å². The van der Waals surface area contributed by atoms with Crippen LogP contribution >= 0.6 is 8.25 Å². The van der Waals surface area contributed by atoms with E-state index in [9.17, 15) is 24.2 Å². The van der Waals surface area contributed by atoms with Crippen LogP contribution in [0.3, 0.4) is 0 Å². The van der Waals surface area contributed by atoms with Crippen LogP contribution in [0.5, 0.6) is 0 Å². The van der Waals surface area contributed by atoms with Crippen LogP contribution in [0.2, 0.25) is 0 Å². The highest BCUT2D eigenvalue weighted by atomic mass is 31.1. The molecular weight excluding hydrogens is 509 g/mol. The highest BCUT2D eigenvalue weighted by Crippen LogP contribution is 2.36. The number of allylic oxidation sites excluding steroid dienone is 2. The average molecular weight is 557 g/mol. The molecule has 2 amide bonds. The number of imide groups is 1. The van der Waals surface area contributed by atoms with Crippen LogP contribution in [0.1, 0.15) is 96.8 Å². The van der Waals surface area contributed by atoms with Gasteiger partial charge in [-0.15, -0.1) is 9.42 Å². The molecular formula is C28H47NO8P+. The number of carbonyl (C=O) groups excluding carboxylic acids is 2. The number of aliphatic hydroxyl groups excluding tert-OH is 1. The second-order valence-corrected chi connectivity index (χ2v) is 10.8. The maximum Gasteiger partial charge on any atom is 0.695 e. The van der Waals surface area contributed by atoms with E-state index in [4.69, 9.17) is 14.0 Å². The molecule has 9 nitrogen and oxygen atoms in total. The zero-order chi connectivity index (χ0) is 27.6. The molecule has 38 heavy (non-hydrogen) atoms. The van der Waals surface area contributed by atoms with Crippen LogP contribution in [0.4, 0.5) is 0 Å². The Balaban J connectivity index is 1.64. The fourth-order valence-electron chi connectivity index (χ4n) is 4.97. The van der Waals surface area contributed by atoms with Gasteiger partial charge < -0.3 is 14.6 Å². The highest BCUT2D eigenvalue weighted by molar-refractivity contribution is 7.32. The molecule has 0 aromatic heterocycles. The number of hydrogen-bond acceptors (Lipinski definition) is 7. The zero-order valence-corrected chi connectivity index (χ0v) is 23.7. The minimum Gasteiger partial charge on any atom is -0.394 e. The van der Waals surface area contributed by atoms with E-state index >= 15 is 0 Å². The molecule has 10 heteroatoms. The lowest BCUT2D eigenvalue weighted by atomic mass is 9.93. The van der Waals surface area contributed by atoms with Gasteiger partial charge in [0.2, 0.25) is 11.8 Å². The topological polar surface area (TPSA) is 131 Å². The number of carbonyl (C=O) groups is 2. The maximum atomic E-state index is 12.4. The van der Waals surface area contributed by atoms with E-state index in [1.165, 1.54) is 69.9 Å². The summed E-state index contributed by atoms with van der Waals surface area (Å²) in [7, 11) is -2.96. The van der Waals surface area contributed by atoms with Crippen molar-refractivity contribution in [2.45, 2.75) is 121 Å². The van der Waals surface area contributed by atoms with E-state index in [0.717, 1.165) is 32.1 Å². The van der Waals surface area contributed by atoms with Crippen LogP contribution in [0.25, 0.3) is 0 Å². The van der Waals surface area contributed by atoms with Crippen LogP contribution in [-0.2, 0) is 28.2 Å². The molecule has 2 heterocycles. The lowest BCUT2D eigenvalue weighted by Gasteiger charge is -2.26. The first kappa shape index (κ1) is 32.7. The Labute approximate surface area is 228 Å². The molecule has 0 radical (unpaired) electrons. The first-order valence-corrected chi connectivity index (χ1v) is 15.5. The normalized spacial score (nSPS) is 25.9. The molecule has 0 bridgehead atoms. The third-order valence-electron chi connectivity index (χ3n) is 7.06. The molecule has 3 N–H and O–H groups in total. The molecule has 0 aromatic rings. The molecule has 3 unspecified atom stereocenters. The quantitative estimate of drug-likeness (QED) is 0.0776. The van der Waals surface area contributed by atoms with Crippen molar-refractivity contribution >= 4 is 20.1 Å². The van der Waals surface area contributed by atoms with Crippen LogP contribution in [0.15, 0.2) is 24.3 Å². The Morgan fingerprint density at radius 1 is 0.947 bits per heavy atom. The fraction of sp³-hybridized carbons (Fsp3) is 0.786. The molecule has 1 saturated heterocycles. The van der Waals surface area contributed by atoms with Crippen molar-refractivity contribution in [3.05, 3.63) is 24.3 Å². The monoisotopic (exact) mass is 556 g/mol. The van der Waals surface area contributed by atoms with Crippen LogP contribution in [0, 0.1) is 5.92 Å². The molecule has 0 aromatic carbocycles. The largest absolute Gasteiger partial charge is 0.695 e. The van der Waals surface area contributed by atoms with Gasteiger partial charge in [0, 0.05) is 17.2 Å². The van der Waals surface area contributed by atoms with Crippen molar-refractivity contribution in [1.29, 1.82) is 0 Å². The predicted molar refractivity (Wildman–Crippen MR) is 145 cm³/mol. The SMILES string of the molecule is CCCCCCCC/C=C\CCCCCCCCO[C@H]1C(O[P+](=O)O)[C@@H](CO)O[C@H]1C1C=CC(=O)NC1=O. The average Bonchev–Trinajstić information content (AvgIpc) is 3.22. The number of aliphatic hydroxyl groups is 1. The van der Waals surface area contributed by atoms with Gasteiger partial charge in [0.25, 0.3) is 0 Å². The first-order chi connectivity index (χ1) is 18.5. The molecule has 216 valence electrons. The van der Waals surface area contributed by atoms with Gasteiger partial charge in [-0.25, -0.2) is 0 Å². The van der Waals surface area contributed by atoms with Gasteiger partial charge >= 0.3 is 8.25 Å². The summed E-state index contributed by atoms with van der Waals surface area (Å²) in [4.78, 5) is 33.1. The number of unbranched alkanes of at least 4 members (excludes halogenated alkanes) is 12. The summed E-state index contributed by atoms with van der Waals surface area (Å²) < 4.78 is 28.3. The molecule has 2 aliphatic rings. The standard InChI is InChI=1S/C28H46NO8P/c1-2-3-4-5-6-7-8-9-10-11-12-13-14-15-16-17-20-35-27-25(22-18-19-24(31)29-28(22)32)36-23(21-30)26(27)37-38(33)34/h9-10,18-19,22-23,25-27,30H,2-8,11-17,20-21H2,1H3,(H-,29,31,32,33,34)/p+1/b10-9-/t22?,23-,25+,26?,27-/m1/s1. The third kappa shape index (κ3) is 12.1. The summed E-state index contributed by atoms with van der Waals surface area (Å²) in [5.74, 6) is -1.90. The molecule has 0 saturated carbocycles. The molecule has 0 aliphatic carbocycles. The van der Waals surface area contributed by atoms with Gasteiger partial charge in [-0.3, -0.25) is 14.9 Å². The van der Waals surface area contributed by atoms with Gasteiger partial charge in [0.05, 0.1) is 12.5 Å². The Bertz CT molecular complexity index is 774. The van der Waals surface area contributed by atoms with Crippen molar-refractivity contribution < 1.29 is 38.2 Å². The number of amides is 2. The van der Waals surface area contributed by atoms with Gasteiger partial charge in [-0.1, -0.05) is 82.9 Å². The van der Waals surface area contributed by atoms with Gasteiger partial charge in [-0.05, 0) is 32.1 Å². The summed E-state index contributed by atoms with van der Waals surface area (Å²) >= 11 is 0. The van der Waals surface area contributed by atoms with E-state index < -0.39 is 57.0 Å². The van der Waals surface area contributed by atoms with Gasteiger partial charge in [0.15, 0.2) is 6.10 Å². The van der Waals surface area contributed by atoms with E-state index in [0.29, 0.717) is 6.61 Å². The first-order valence-electron chi connectivity index (χ1n) is 14.4. The Hall–Kier alpha value is -1.48. The zero-order valence-electron chi connectivity index (χ0n) is 22.8. The summed E-state index contributed by atoms with van der Waals surface area (Å²) in [6, 6.07) is 0. The lowest BCUT2D eigenvalue weighted by Crippen LogP contribution is -2.47. The highest BCUT2D eigenvalue weighted by Gasteiger charge is 2.54. The number of rotatable bonds is 21. The maximum absolute atomic E-state index is 12.4. The molecule has 0 spiro atoms. The summed E-state index contributed by atoms with van der Waals surface area (Å²) in [5, 5.41) is 11.9. The van der Waals surface area contributed by atoms with Crippen molar-refractivity contribution in [3.8, 4) is 0 Å². The molecule has 2 rings (SSSR count). The smallest absolute Gasteiger partial charge is 0.394 e. The Morgan fingerprint density at radius 2 is 1.55 bits per heavy atom. The van der Waals surface area contributed by atoms with E-state index in [1.807, 2.05) is 0 Å². The van der Waals surface area contributed by atoms with Crippen LogP contribution < -0.4 is 5.32 Å². The summed E-state index contributed by atoms with van der Waals surface area (Å²) in [5.41, 5.74) is 0. The molecule has 6 atom stereocenters. The minimum absolute atomic E-state index is 0.364. The van der Waals surface area contributed by atoms with Crippen LogP contribution in [-0.4, -0.2) is 59.4 Å². The van der Waals surface area contributed by atoms with Crippen molar-refractivity contribution in [2.24, 2.45) is 5.92 Å². The number of nitrogens with one attached hydrogen (secondary N) is 1. The van der Waals surface area contributed by atoms with E-state index in [1.54, 1.807) is 0 Å². The van der Waals surface area contributed by atoms with Crippen molar-refractivity contribution in [1.82, 2.24) is 5.32 Å². The number of hydrogen-bond donors (Lipinski definition) is 3.